The predicted molar refractivity (Wildman–Crippen MR) is 64.4 cm³/mol. The summed E-state index contributed by atoms with van der Waals surface area (Å²) in [6.45, 7) is 3.85. The van der Waals surface area contributed by atoms with E-state index in [0.717, 1.165) is 0 Å². The van der Waals surface area contributed by atoms with Gasteiger partial charge in [-0.15, -0.1) is 0 Å². The van der Waals surface area contributed by atoms with E-state index in [0.29, 0.717) is 11.6 Å². The molecule has 1 N–H and O–H groups in total. The van der Waals surface area contributed by atoms with E-state index >= 15 is 0 Å². The Labute approximate surface area is 100 Å². The molecule has 0 bridgehead atoms. The summed E-state index contributed by atoms with van der Waals surface area (Å²) in [4.78, 5) is 14.7. The highest BCUT2D eigenvalue weighted by Gasteiger charge is 2.24. The first kappa shape index (κ1) is 13.4. The zero-order valence-electron chi connectivity index (χ0n) is 10.4. The van der Waals surface area contributed by atoms with E-state index < -0.39 is 4.92 Å². The van der Waals surface area contributed by atoms with Crippen molar-refractivity contribution in [1.82, 2.24) is 10.3 Å². The Hall–Kier alpha value is -1.69. The van der Waals surface area contributed by atoms with Crippen LogP contribution in [-0.4, -0.2) is 30.1 Å². The molecule has 0 saturated carbocycles. The molecule has 6 nitrogen and oxygen atoms in total. The van der Waals surface area contributed by atoms with Gasteiger partial charge in [-0.3, -0.25) is 10.1 Å². The number of ether oxygens (including phenoxy) is 1. The molecular formula is C11H17N3O3. The van der Waals surface area contributed by atoms with Crippen LogP contribution in [0.2, 0.25) is 0 Å². The summed E-state index contributed by atoms with van der Waals surface area (Å²) in [5.74, 6) is 0.316. The van der Waals surface area contributed by atoms with Gasteiger partial charge in [-0.25, -0.2) is 4.98 Å². The highest BCUT2D eigenvalue weighted by Crippen LogP contribution is 2.28. The summed E-state index contributed by atoms with van der Waals surface area (Å²) in [5.41, 5.74) is 0.469. The second-order valence-corrected chi connectivity index (χ2v) is 3.88. The van der Waals surface area contributed by atoms with Crippen molar-refractivity contribution in [3.63, 3.8) is 0 Å². The third-order valence-corrected chi connectivity index (χ3v) is 2.92. The lowest BCUT2D eigenvalue weighted by Crippen LogP contribution is -2.28. The monoisotopic (exact) mass is 239 g/mol. The van der Waals surface area contributed by atoms with Crippen LogP contribution in [0.1, 0.15) is 25.5 Å². The molecule has 0 radical (unpaired) electrons. The van der Waals surface area contributed by atoms with Gasteiger partial charge in [0.15, 0.2) is 0 Å². The first-order chi connectivity index (χ1) is 8.01. The first-order valence-electron chi connectivity index (χ1n) is 5.37. The van der Waals surface area contributed by atoms with Crippen LogP contribution < -0.4 is 10.1 Å². The average molecular weight is 239 g/mol. The summed E-state index contributed by atoms with van der Waals surface area (Å²) in [6.07, 6.45) is 0. The number of aromatic nitrogens is 1. The van der Waals surface area contributed by atoms with Gasteiger partial charge in [-0.1, -0.05) is 6.92 Å². The summed E-state index contributed by atoms with van der Waals surface area (Å²) in [7, 11) is 3.30. The summed E-state index contributed by atoms with van der Waals surface area (Å²) < 4.78 is 5.00. The van der Waals surface area contributed by atoms with E-state index in [1.54, 1.807) is 0 Å². The van der Waals surface area contributed by atoms with Crippen LogP contribution in [0, 0.1) is 10.1 Å². The Morgan fingerprint density at radius 2 is 2.12 bits per heavy atom. The fourth-order valence-corrected chi connectivity index (χ4v) is 1.54. The Kier molecular flexibility index (Phi) is 4.39. The van der Waals surface area contributed by atoms with Gasteiger partial charge in [0.1, 0.15) is 5.69 Å². The number of hydrogen-bond donors (Lipinski definition) is 1. The van der Waals surface area contributed by atoms with Crippen molar-refractivity contribution in [2.75, 3.05) is 14.2 Å². The van der Waals surface area contributed by atoms with Crippen LogP contribution in [0.4, 0.5) is 5.69 Å². The second kappa shape index (κ2) is 5.58. The van der Waals surface area contributed by atoms with Crippen LogP contribution in [0.25, 0.3) is 0 Å². The standard InChI is InChI=1S/C11H17N3O3/c1-7(8(2)12-3)11-9(14(15)16)5-6-10(13-11)17-4/h5-8,12H,1-4H3. The molecule has 1 heterocycles. The minimum atomic E-state index is -0.416. The van der Waals surface area contributed by atoms with Crippen molar-refractivity contribution < 1.29 is 9.66 Å². The van der Waals surface area contributed by atoms with Gasteiger partial charge in [0.05, 0.1) is 12.0 Å². The molecule has 0 saturated heterocycles. The van der Waals surface area contributed by atoms with Gasteiger partial charge in [-0.05, 0) is 14.0 Å². The number of methoxy groups -OCH3 is 1. The van der Waals surface area contributed by atoms with Gasteiger partial charge in [-0.2, -0.15) is 0 Å². The Balaban J connectivity index is 3.21. The highest BCUT2D eigenvalue weighted by atomic mass is 16.6. The second-order valence-electron chi connectivity index (χ2n) is 3.88. The van der Waals surface area contributed by atoms with Crippen molar-refractivity contribution in [2.45, 2.75) is 25.8 Å². The molecule has 0 fully saturated rings. The maximum absolute atomic E-state index is 10.9. The number of rotatable bonds is 5. The minimum absolute atomic E-state index is 0.0281. The lowest BCUT2D eigenvalue weighted by Gasteiger charge is -2.18. The summed E-state index contributed by atoms with van der Waals surface area (Å²) in [6, 6.07) is 3.02. The smallest absolute Gasteiger partial charge is 0.291 e. The molecule has 17 heavy (non-hydrogen) atoms. The lowest BCUT2D eigenvalue weighted by atomic mass is 9.98. The van der Waals surface area contributed by atoms with E-state index in [-0.39, 0.29) is 17.6 Å². The van der Waals surface area contributed by atoms with Gasteiger partial charge in [0.2, 0.25) is 5.88 Å². The Bertz CT molecular complexity index is 409. The zero-order valence-corrected chi connectivity index (χ0v) is 10.4. The maximum atomic E-state index is 10.9. The van der Waals surface area contributed by atoms with E-state index in [2.05, 4.69) is 10.3 Å². The zero-order chi connectivity index (χ0) is 13.0. The quantitative estimate of drug-likeness (QED) is 0.625. The van der Waals surface area contributed by atoms with Crippen molar-refractivity contribution in [1.29, 1.82) is 0 Å². The molecule has 1 aromatic rings. The van der Waals surface area contributed by atoms with Crippen LogP contribution in [-0.2, 0) is 0 Å². The molecule has 94 valence electrons. The van der Waals surface area contributed by atoms with Crippen LogP contribution in [0.5, 0.6) is 5.88 Å². The molecular weight excluding hydrogens is 222 g/mol. The number of nitrogens with one attached hydrogen (secondary N) is 1. The molecule has 6 heteroatoms. The molecule has 0 aliphatic heterocycles. The molecule has 2 unspecified atom stereocenters. The fraction of sp³-hybridized carbons (Fsp3) is 0.545. The Morgan fingerprint density at radius 1 is 1.47 bits per heavy atom. The number of nitro groups is 1. The molecule has 2 atom stereocenters. The molecule has 0 spiro atoms. The van der Waals surface area contributed by atoms with Crippen molar-refractivity contribution >= 4 is 5.69 Å². The maximum Gasteiger partial charge on any atom is 0.291 e. The highest BCUT2D eigenvalue weighted by molar-refractivity contribution is 5.40. The lowest BCUT2D eigenvalue weighted by molar-refractivity contribution is -0.386. The van der Waals surface area contributed by atoms with Gasteiger partial charge in [0, 0.05) is 24.1 Å². The SMILES string of the molecule is CNC(C)C(C)c1nc(OC)ccc1[N+](=O)[O-]. The van der Waals surface area contributed by atoms with E-state index in [1.807, 2.05) is 20.9 Å². The van der Waals surface area contributed by atoms with E-state index in [9.17, 15) is 10.1 Å². The van der Waals surface area contributed by atoms with Crippen molar-refractivity contribution in [2.24, 2.45) is 0 Å². The van der Waals surface area contributed by atoms with Gasteiger partial charge < -0.3 is 10.1 Å². The van der Waals surface area contributed by atoms with Crippen molar-refractivity contribution in [3.8, 4) is 5.88 Å². The van der Waals surface area contributed by atoms with Crippen LogP contribution in [0.3, 0.4) is 0 Å². The number of nitrogens with zero attached hydrogens (tertiary/aromatic N) is 2. The number of likely N-dealkylation sites (N-methyl/N-ethyl adjacent to an activating group) is 1. The number of hydrogen-bond acceptors (Lipinski definition) is 5. The summed E-state index contributed by atoms with van der Waals surface area (Å²) in [5, 5.41) is 14.0. The largest absolute Gasteiger partial charge is 0.481 e. The van der Waals surface area contributed by atoms with Gasteiger partial charge in [0.25, 0.3) is 5.69 Å². The molecule has 0 amide bonds. The van der Waals surface area contributed by atoms with Crippen LogP contribution >= 0.6 is 0 Å². The van der Waals surface area contributed by atoms with Gasteiger partial charge >= 0.3 is 0 Å². The fourth-order valence-electron chi connectivity index (χ4n) is 1.54. The molecule has 0 aromatic carbocycles. The molecule has 0 aliphatic carbocycles. The average Bonchev–Trinajstić information content (AvgIpc) is 2.35. The minimum Gasteiger partial charge on any atom is -0.481 e. The molecule has 1 aromatic heterocycles. The first-order valence-corrected chi connectivity index (χ1v) is 5.37. The number of pyridine rings is 1. The predicted octanol–water partition coefficient (Wildman–Crippen LogP) is 1.71. The van der Waals surface area contributed by atoms with Crippen molar-refractivity contribution in [3.05, 3.63) is 27.9 Å². The normalized spacial score (nSPS) is 14.1. The third kappa shape index (κ3) is 2.91. The Morgan fingerprint density at radius 3 is 2.59 bits per heavy atom. The third-order valence-electron chi connectivity index (χ3n) is 2.92. The topological polar surface area (TPSA) is 77.3 Å². The molecule has 0 aliphatic rings. The molecule has 1 rings (SSSR count). The van der Waals surface area contributed by atoms with Crippen LogP contribution in [0.15, 0.2) is 12.1 Å². The van der Waals surface area contributed by atoms with E-state index in [1.165, 1.54) is 19.2 Å². The summed E-state index contributed by atoms with van der Waals surface area (Å²) >= 11 is 0. The van der Waals surface area contributed by atoms with E-state index in [4.69, 9.17) is 4.74 Å².